The van der Waals surface area contributed by atoms with E-state index in [0.717, 1.165) is 6.42 Å². The summed E-state index contributed by atoms with van der Waals surface area (Å²) in [6.07, 6.45) is 1.36. The van der Waals surface area contributed by atoms with Gasteiger partial charge in [-0.1, -0.05) is 11.6 Å². The van der Waals surface area contributed by atoms with Gasteiger partial charge in [-0.05, 0) is 50.5 Å². The van der Waals surface area contributed by atoms with Crippen LogP contribution >= 0.6 is 35.6 Å². The molecule has 0 saturated heterocycles. The van der Waals surface area contributed by atoms with Crippen molar-refractivity contribution in [3.05, 3.63) is 34.3 Å². The van der Waals surface area contributed by atoms with Crippen LogP contribution in [0.2, 0.25) is 5.02 Å². The summed E-state index contributed by atoms with van der Waals surface area (Å²) in [6, 6.07) is 4.94. The maximum absolute atomic E-state index is 11.9. The summed E-state index contributed by atoms with van der Waals surface area (Å²) in [4.78, 5) is 11.9. The number of ether oxygens (including phenoxy) is 2. The molecule has 23 heavy (non-hydrogen) atoms. The summed E-state index contributed by atoms with van der Waals surface area (Å²) >= 11 is 12.0. The van der Waals surface area contributed by atoms with Crippen molar-refractivity contribution in [2.75, 3.05) is 19.1 Å². The molecule has 1 atom stereocenters. The van der Waals surface area contributed by atoms with Crippen LogP contribution in [0.3, 0.4) is 0 Å². The monoisotopic (exact) mass is 381 g/mol. The largest absolute Gasteiger partial charge is 0.481 e. The van der Waals surface area contributed by atoms with Crippen molar-refractivity contribution < 1.29 is 14.3 Å². The van der Waals surface area contributed by atoms with E-state index in [1.54, 1.807) is 25.1 Å². The van der Waals surface area contributed by atoms with Crippen molar-refractivity contribution in [2.24, 2.45) is 0 Å². The van der Waals surface area contributed by atoms with Crippen LogP contribution in [0.25, 0.3) is 0 Å². The lowest BCUT2D eigenvalue weighted by Crippen LogP contribution is -2.17. The summed E-state index contributed by atoms with van der Waals surface area (Å²) in [7, 11) is 0. The van der Waals surface area contributed by atoms with Gasteiger partial charge in [0.15, 0.2) is 5.90 Å². The molecule has 0 aliphatic heterocycles. The van der Waals surface area contributed by atoms with E-state index in [1.807, 2.05) is 6.92 Å². The van der Waals surface area contributed by atoms with Crippen LogP contribution in [0.1, 0.15) is 48.5 Å². The van der Waals surface area contributed by atoms with Gasteiger partial charge in [0.05, 0.1) is 24.7 Å². The molecule has 0 saturated carbocycles. The summed E-state index contributed by atoms with van der Waals surface area (Å²) in [5, 5.41) is 8.57. The molecule has 0 amide bonds. The average Bonchev–Trinajstić information content (AvgIpc) is 2.49. The molecule has 7 heteroatoms. The summed E-state index contributed by atoms with van der Waals surface area (Å²) in [5.74, 6) is -0.0963. The van der Waals surface area contributed by atoms with E-state index in [2.05, 4.69) is 0 Å². The number of hydrogen-bond acceptors (Lipinski definition) is 4. The Hall–Kier alpha value is -0.970. The van der Waals surface area contributed by atoms with Crippen LogP contribution in [-0.4, -0.2) is 31.0 Å². The Morgan fingerprint density at radius 3 is 2.48 bits per heavy atom. The van der Waals surface area contributed by atoms with Crippen molar-refractivity contribution in [3.8, 4) is 0 Å². The van der Waals surface area contributed by atoms with Crippen LogP contribution in [0, 0.1) is 5.41 Å². The molecule has 1 aromatic rings. The summed E-state index contributed by atoms with van der Waals surface area (Å²) < 4.78 is 10.3. The Balaban J connectivity index is 0.00000484. The Morgan fingerprint density at radius 2 is 1.91 bits per heavy atom. The SMILES string of the molecule is CCOC(=N)C(CCCCl)c1cc(C(=O)OCC)ccc1Cl.Cl. The second-order valence-corrected chi connectivity index (χ2v) is 5.42. The molecule has 0 radical (unpaired) electrons. The van der Waals surface area contributed by atoms with Gasteiger partial charge in [0.1, 0.15) is 0 Å². The van der Waals surface area contributed by atoms with E-state index < -0.39 is 5.97 Å². The molecule has 0 fully saturated rings. The fourth-order valence-electron chi connectivity index (χ4n) is 2.12. The lowest BCUT2D eigenvalue weighted by Gasteiger charge is -2.20. The molecule has 1 aromatic carbocycles. The standard InChI is InChI=1S/C16H21Cl2NO3.ClH/c1-3-21-15(19)12(6-5-9-17)13-10-11(7-8-14(13)18)16(20)22-4-2;/h7-8,10,12,19H,3-6,9H2,1-2H3;1H. The zero-order chi connectivity index (χ0) is 16.5. The minimum atomic E-state index is -0.403. The maximum atomic E-state index is 11.9. The number of nitrogens with one attached hydrogen (secondary N) is 1. The number of alkyl halides is 1. The normalized spacial score (nSPS) is 11.3. The number of esters is 1. The Labute approximate surface area is 153 Å². The quantitative estimate of drug-likeness (QED) is 0.296. The first-order valence-electron chi connectivity index (χ1n) is 7.28. The highest BCUT2D eigenvalue weighted by atomic mass is 35.5. The number of benzene rings is 1. The van der Waals surface area contributed by atoms with Gasteiger partial charge >= 0.3 is 5.97 Å². The minimum Gasteiger partial charge on any atom is -0.481 e. The van der Waals surface area contributed by atoms with E-state index in [9.17, 15) is 4.79 Å². The second kappa shape index (κ2) is 11.5. The van der Waals surface area contributed by atoms with Crippen LogP contribution in [0.4, 0.5) is 0 Å². The van der Waals surface area contributed by atoms with Crippen LogP contribution < -0.4 is 0 Å². The summed E-state index contributed by atoms with van der Waals surface area (Å²) in [5.41, 5.74) is 1.11. The number of carbonyl (C=O) groups excluding carboxylic acids is 1. The zero-order valence-corrected chi connectivity index (χ0v) is 15.6. The van der Waals surface area contributed by atoms with Gasteiger partial charge in [0.2, 0.25) is 0 Å². The van der Waals surface area contributed by atoms with E-state index in [4.69, 9.17) is 38.1 Å². The second-order valence-electron chi connectivity index (χ2n) is 4.64. The van der Waals surface area contributed by atoms with E-state index in [-0.39, 0.29) is 24.2 Å². The topological polar surface area (TPSA) is 59.4 Å². The fraction of sp³-hybridized carbons (Fsp3) is 0.500. The number of halogens is 3. The highest BCUT2D eigenvalue weighted by molar-refractivity contribution is 6.31. The third kappa shape index (κ3) is 6.58. The smallest absolute Gasteiger partial charge is 0.338 e. The van der Waals surface area contributed by atoms with E-state index in [0.29, 0.717) is 41.7 Å². The molecule has 1 N–H and O–H groups in total. The molecule has 130 valence electrons. The predicted octanol–water partition coefficient (Wildman–Crippen LogP) is 5.05. The fourth-order valence-corrected chi connectivity index (χ4v) is 2.52. The first kappa shape index (κ1) is 22.0. The molecule has 0 heterocycles. The van der Waals surface area contributed by atoms with Crippen LogP contribution in [0.5, 0.6) is 0 Å². The molecule has 1 unspecified atom stereocenters. The van der Waals surface area contributed by atoms with Crippen LogP contribution in [0.15, 0.2) is 18.2 Å². The molecule has 0 aliphatic carbocycles. The zero-order valence-electron chi connectivity index (χ0n) is 13.2. The molecule has 0 spiro atoms. The molecule has 0 aromatic heterocycles. The third-order valence-corrected chi connectivity index (χ3v) is 3.74. The number of hydrogen-bond donors (Lipinski definition) is 1. The third-order valence-electron chi connectivity index (χ3n) is 3.13. The van der Waals surface area contributed by atoms with Gasteiger partial charge in [-0.15, -0.1) is 24.0 Å². The van der Waals surface area contributed by atoms with Gasteiger partial charge in [0, 0.05) is 10.9 Å². The Morgan fingerprint density at radius 1 is 1.26 bits per heavy atom. The highest BCUT2D eigenvalue weighted by Gasteiger charge is 2.22. The van der Waals surface area contributed by atoms with Gasteiger partial charge < -0.3 is 9.47 Å². The Kier molecular flexibility index (Phi) is 11.1. The molecular weight excluding hydrogens is 361 g/mol. The predicted molar refractivity (Wildman–Crippen MR) is 96.7 cm³/mol. The summed E-state index contributed by atoms with van der Waals surface area (Å²) in [6.45, 7) is 4.29. The van der Waals surface area contributed by atoms with Crippen molar-refractivity contribution in [1.82, 2.24) is 0 Å². The highest BCUT2D eigenvalue weighted by Crippen LogP contribution is 2.31. The van der Waals surface area contributed by atoms with Gasteiger partial charge in [-0.2, -0.15) is 0 Å². The van der Waals surface area contributed by atoms with Crippen molar-refractivity contribution in [1.29, 1.82) is 5.41 Å². The first-order valence-corrected chi connectivity index (χ1v) is 8.20. The molecule has 0 aliphatic rings. The molecule has 1 rings (SSSR count). The lowest BCUT2D eigenvalue weighted by atomic mass is 9.92. The number of rotatable bonds is 8. The molecular formula is C16H22Cl3NO3. The van der Waals surface area contributed by atoms with E-state index >= 15 is 0 Å². The minimum absolute atomic E-state index is 0. The van der Waals surface area contributed by atoms with Crippen molar-refractivity contribution in [2.45, 2.75) is 32.6 Å². The van der Waals surface area contributed by atoms with E-state index in [1.165, 1.54) is 0 Å². The molecule has 4 nitrogen and oxygen atoms in total. The van der Waals surface area contributed by atoms with Gasteiger partial charge in [-0.3, -0.25) is 5.41 Å². The lowest BCUT2D eigenvalue weighted by molar-refractivity contribution is 0.0526. The molecule has 0 bridgehead atoms. The number of carbonyl (C=O) groups is 1. The van der Waals surface area contributed by atoms with Gasteiger partial charge in [0.25, 0.3) is 0 Å². The van der Waals surface area contributed by atoms with Crippen molar-refractivity contribution in [3.63, 3.8) is 0 Å². The average molecular weight is 383 g/mol. The van der Waals surface area contributed by atoms with Gasteiger partial charge in [-0.25, -0.2) is 4.79 Å². The maximum Gasteiger partial charge on any atom is 0.338 e. The van der Waals surface area contributed by atoms with Crippen molar-refractivity contribution >= 4 is 47.5 Å². The first-order chi connectivity index (χ1) is 10.5. The Bertz CT molecular complexity index is 523. The van der Waals surface area contributed by atoms with Crippen LogP contribution in [-0.2, 0) is 9.47 Å².